The molecule has 0 fully saturated rings. The lowest BCUT2D eigenvalue weighted by molar-refractivity contribution is 0.311. The van der Waals surface area contributed by atoms with Crippen LogP contribution in [0.15, 0.2) is 41.6 Å². The van der Waals surface area contributed by atoms with Crippen molar-refractivity contribution >= 4 is 11.8 Å². The first kappa shape index (κ1) is 12.8. The normalized spacial score (nSPS) is 17.9. The summed E-state index contributed by atoms with van der Waals surface area (Å²) in [6, 6.07) is 8.80. The fourth-order valence-electron chi connectivity index (χ4n) is 2.69. The van der Waals surface area contributed by atoms with Crippen molar-refractivity contribution in [1.29, 1.82) is 0 Å². The summed E-state index contributed by atoms with van der Waals surface area (Å²) < 4.78 is 1.86. The fraction of sp³-hybridized carbons (Fsp3) is 0.400. The van der Waals surface area contributed by atoms with Crippen LogP contribution in [0.25, 0.3) is 0 Å². The molecule has 0 spiro atoms. The van der Waals surface area contributed by atoms with Crippen LogP contribution in [0.3, 0.4) is 0 Å². The third-order valence-electron chi connectivity index (χ3n) is 3.54. The van der Waals surface area contributed by atoms with Gasteiger partial charge in [0.1, 0.15) is 0 Å². The van der Waals surface area contributed by atoms with E-state index in [0.29, 0.717) is 5.92 Å². The highest BCUT2D eigenvalue weighted by molar-refractivity contribution is 7.99. The van der Waals surface area contributed by atoms with E-state index in [1.54, 1.807) is 0 Å². The second-order valence-electron chi connectivity index (χ2n) is 5.26. The van der Waals surface area contributed by atoms with Crippen LogP contribution in [-0.2, 0) is 13.6 Å². The molecule has 0 saturated carbocycles. The molecule has 0 bridgehead atoms. The molecule has 1 aromatic carbocycles. The number of rotatable bonds is 4. The number of thioether (sulfide) groups is 1. The first-order valence-electron chi connectivity index (χ1n) is 6.60. The zero-order valence-electron chi connectivity index (χ0n) is 11.4. The van der Waals surface area contributed by atoms with Gasteiger partial charge in [-0.05, 0) is 18.7 Å². The Hall–Kier alpha value is -1.26. The van der Waals surface area contributed by atoms with Crippen molar-refractivity contribution in [1.82, 2.24) is 14.7 Å². The average molecular weight is 273 g/mol. The van der Waals surface area contributed by atoms with Crippen LogP contribution in [0.4, 0.5) is 0 Å². The molecule has 0 amide bonds. The Morgan fingerprint density at radius 1 is 1.42 bits per heavy atom. The first-order valence-corrected chi connectivity index (χ1v) is 7.59. The lowest BCUT2D eigenvalue weighted by Crippen LogP contribution is -2.24. The van der Waals surface area contributed by atoms with E-state index in [4.69, 9.17) is 0 Å². The lowest BCUT2D eigenvalue weighted by Gasteiger charge is -2.20. The van der Waals surface area contributed by atoms with Crippen molar-refractivity contribution in [3.63, 3.8) is 0 Å². The van der Waals surface area contributed by atoms with Crippen molar-refractivity contribution < 1.29 is 0 Å². The molecule has 2 aromatic rings. The second-order valence-corrected chi connectivity index (χ2v) is 6.33. The Balaban J connectivity index is 1.63. The molecule has 1 atom stereocenters. The van der Waals surface area contributed by atoms with Gasteiger partial charge in [0, 0.05) is 48.5 Å². The van der Waals surface area contributed by atoms with Gasteiger partial charge in [0.25, 0.3) is 0 Å². The average Bonchev–Trinajstić information content (AvgIpc) is 2.97. The molecule has 0 radical (unpaired) electrons. The zero-order chi connectivity index (χ0) is 13.2. The largest absolute Gasteiger partial charge is 0.301 e. The number of nitrogens with zero attached hydrogens (tertiary/aromatic N) is 3. The number of aromatic nitrogens is 2. The minimum Gasteiger partial charge on any atom is -0.301 e. The second kappa shape index (κ2) is 5.39. The van der Waals surface area contributed by atoms with Crippen molar-refractivity contribution in [2.45, 2.75) is 17.4 Å². The van der Waals surface area contributed by atoms with Gasteiger partial charge in [-0.25, -0.2) is 0 Å². The van der Waals surface area contributed by atoms with E-state index in [0.717, 1.165) is 13.1 Å². The van der Waals surface area contributed by atoms with E-state index in [1.807, 2.05) is 29.7 Å². The van der Waals surface area contributed by atoms with Gasteiger partial charge in [-0.2, -0.15) is 5.10 Å². The molecular formula is C15H19N3S. The van der Waals surface area contributed by atoms with Crippen LogP contribution in [-0.4, -0.2) is 34.0 Å². The predicted octanol–water partition coefficient (Wildman–Crippen LogP) is 2.74. The van der Waals surface area contributed by atoms with E-state index in [-0.39, 0.29) is 0 Å². The summed E-state index contributed by atoms with van der Waals surface area (Å²) in [6.07, 6.45) is 4.04. The fourth-order valence-corrected chi connectivity index (χ4v) is 3.93. The molecule has 19 heavy (non-hydrogen) atoms. The summed E-state index contributed by atoms with van der Waals surface area (Å²) in [5.74, 6) is 1.86. The van der Waals surface area contributed by atoms with Crippen LogP contribution in [0.2, 0.25) is 0 Å². The lowest BCUT2D eigenvalue weighted by atomic mass is 10.0. The van der Waals surface area contributed by atoms with Crippen LogP contribution in [0, 0.1) is 0 Å². The number of fused-ring (bicyclic) bond motifs is 1. The van der Waals surface area contributed by atoms with Crippen molar-refractivity contribution in [3.05, 3.63) is 47.8 Å². The van der Waals surface area contributed by atoms with Crippen LogP contribution in [0.5, 0.6) is 0 Å². The molecule has 1 unspecified atom stereocenters. The Bertz CT molecular complexity index is 564. The highest BCUT2D eigenvalue weighted by Gasteiger charge is 2.23. The number of aryl methyl sites for hydroxylation is 1. The molecule has 0 N–H and O–H groups in total. The quantitative estimate of drug-likeness (QED) is 0.854. The predicted molar refractivity (Wildman–Crippen MR) is 79.4 cm³/mol. The Kier molecular flexibility index (Phi) is 3.62. The molecular weight excluding hydrogens is 254 g/mol. The maximum Gasteiger partial charge on any atom is 0.0534 e. The molecule has 4 heteroatoms. The van der Waals surface area contributed by atoms with Crippen LogP contribution in [0.1, 0.15) is 17.0 Å². The van der Waals surface area contributed by atoms with Gasteiger partial charge in [0.05, 0.1) is 6.20 Å². The summed E-state index contributed by atoms with van der Waals surface area (Å²) in [5, 5.41) is 4.22. The highest BCUT2D eigenvalue weighted by atomic mass is 32.2. The third-order valence-corrected chi connectivity index (χ3v) is 4.79. The third kappa shape index (κ3) is 2.85. The summed E-state index contributed by atoms with van der Waals surface area (Å²) in [4.78, 5) is 3.85. The molecule has 1 aliphatic rings. The van der Waals surface area contributed by atoms with Gasteiger partial charge in [-0.3, -0.25) is 4.68 Å². The molecule has 1 aromatic heterocycles. The Morgan fingerprint density at radius 3 is 3.05 bits per heavy atom. The van der Waals surface area contributed by atoms with Crippen LogP contribution >= 0.6 is 11.8 Å². The standard InChI is InChI=1S/C15H19N3S/c1-17(8-12-7-16-18(2)9-12)10-13-11-19-15-6-4-3-5-14(13)15/h3-7,9,13H,8,10-11H2,1-2H3. The molecule has 3 rings (SSSR count). The van der Waals surface area contributed by atoms with E-state index in [9.17, 15) is 0 Å². The van der Waals surface area contributed by atoms with Gasteiger partial charge in [0.15, 0.2) is 0 Å². The van der Waals surface area contributed by atoms with Gasteiger partial charge in [0.2, 0.25) is 0 Å². The molecule has 3 nitrogen and oxygen atoms in total. The number of benzene rings is 1. The SMILES string of the molecule is CN(Cc1cnn(C)c1)CC1CSc2ccccc21. The van der Waals surface area contributed by atoms with Crippen molar-refractivity contribution in [2.75, 3.05) is 19.3 Å². The Labute approximate surface area is 118 Å². The van der Waals surface area contributed by atoms with Crippen LogP contribution < -0.4 is 0 Å². The number of likely N-dealkylation sites (N-methyl/N-ethyl adjacent to an activating group) is 1. The van der Waals surface area contributed by atoms with E-state index in [2.05, 4.69) is 47.5 Å². The smallest absolute Gasteiger partial charge is 0.0534 e. The minimum absolute atomic E-state index is 0.655. The van der Waals surface area contributed by atoms with Gasteiger partial charge in [-0.1, -0.05) is 18.2 Å². The minimum atomic E-state index is 0.655. The molecule has 0 aliphatic carbocycles. The molecule has 100 valence electrons. The summed E-state index contributed by atoms with van der Waals surface area (Å²) in [5.41, 5.74) is 2.80. The van der Waals surface area contributed by atoms with E-state index < -0.39 is 0 Å². The van der Waals surface area contributed by atoms with Crippen molar-refractivity contribution in [2.24, 2.45) is 7.05 Å². The Morgan fingerprint density at radius 2 is 2.26 bits per heavy atom. The van der Waals surface area contributed by atoms with E-state index >= 15 is 0 Å². The maximum absolute atomic E-state index is 4.22. The monoisotopic (exact) mass is 273 g/mol. The summed E-state index contributed by atoms with van der Waals surface area (Å²) in [6.45, 7) is 2.08. The molecule has 2 heterocycles. The first-order chi connectivity index (χ1) is 9.22. The topological polar surface area (TPSA) is 21.1 Å². The molecule has 1 aliphatic heterocycles. The van der Waals surface area contributed by atoms with Gasteiger partial charge < -0.3 is 4.90 Å². The maximum atomic E-state index is 4.22. The summed E-state index contributed by atoms with van der Waals surface area (Å²) >= 11 is 1.99. The van der Waals surface area contributed by atoms with Crippen molar-refractivity contribution in [3.8, 4) is 0 Å². The van der Waals surface area contributed by atoms with E-state index in [1.165, 1.54) is 21.8 Å². The van der Waals surface area contributed by atoms with Gasteiger partial charge in [-0.15, -0.1) is 11.8 Å². The zero-order valence-corrected chi connectivity index (χ0v) is 12.2. The number of hydrogen-bond donors (Lipinski definition) is 0. The number of hydrogen-bond acceptors (Lipinski definition) is 3. The summed E-state index contributed by atoms with van der Waals surface area (Å²) in [7, 11) is 4.16. The molecule has 0 saturated heterocycles. The van der Waals surface area contributed by atoms with Gasteiger partial charge >= 0.3 is 0 Å². The highest BCUT2D eigenvalue weighted by Crippen LogP contribution is 2.39.